The lowest BCUT2D eigenvalue weighted by Crippen LogP contribution is -2.58. The maximum Gasteiger partial charge on any atom is 0.293 e. The average molecular weight is 398 g/mol. The molecule has 0 saturated carbocycles. The van der Waals surface area contributed by atoms with Gasteiger partial charge in [-0.15, -0.1) is 6.58 Å². The average Bonchev–Trinajstić information content (AvgIpc) is 3.10. The Morgan fingerprint density at radius 3 is 2.79 bits per heavy atom. The fourth-order valence-corrected chi connectivity index (χ4v) is 3.42. The molecule has 1 N–H and O–H groups in total. The fourth-order valence-electron chi connectivity index (χ4n) is 3.15. The molecule has 144 valence electrons. The standard InChI is InChI=1S/C19H18N4O4S/c1-3-8-22-18(25)14(17(24)20-19(22)28)11-13-5-4-9-21(13)15-7-6-12(2)10-16(15)23(26)27/h3-7,9-10,14H,1,8,11H2,2H3,(H,20,24,28). The maximum absolute atomic E-state index is 12.7. The summed E-state index contributed by atoms with van der Waals surface area (Å²) in [5, 5.41) is 14.1. The minimum absolute atomic E-state index is 0.0497. The summed E-state index contributed by atoms with van der Waals surface area (Å²) < 4.78 is 1.63. The van der Waals surface area contributed by atoms with Crippen LogP contribution < -0.4 is 5.32 Å². The number of nitro benzene ring substituents is 1. The Labute approximate surface area is 166 Å². The van der Waals surface area contributed by atoms with Gasteiger partial charge in [-0.1, -0.05) is 12.1 Å². The van der Waals surface area contributed by atoms with Crippen LogP contribution in [0.2, 0.25) is 0 Å². The smallest absolute Gasteiger partial charge is 0.293 e. The van der Waals surface area contributed by atoms with E-state index in [-0.39, 0.29) is 23.8 Å². The van der Waals surface area contributed by atoms with Crippen molar-refractivity contribution in [2.24, 2.45) is 5.92 Å². The van der Waals surface area contributed by atoms with Crippen LogP contribution in [0.3, 0.4) is 0 Å². The van der Waals surface area contributed by atoms with Crippen molar-refractivity contribution >= 4 is 34.8 Å². The van der Waals surface area contributed by atoms with Gasteiger partial charge in [0.25, 0.3) is 5.69 Å². The molecule has 1 unspecified atom stereocenters. The molecule has 2 heterocycles. The number of thiocarbonyl (C=S) groups is 1. The summed E-state index contributed by atoms with van der Waals surface area (Å²) in [6.07, 6.45) is 3.28. The van der Waals surface area contributed by atoms with Crippen LogP contribution in [0.5, 0.6) is 0 Å². The lowest BCUT2D eigenvalue weighted by atomic mass is 9.98. The normalized spacial score (nSPS) is 16.8. The summed E-state index contributed by atoms with van der Waals surface area (Å²) in [6.45, 7) is 5.56. The van der Waals surface area contributed by atoms with E-state index in [9.17, 15) is 19.7 Å². The summed E-state index contributed by atoms with van der Waals surface area (Å²) in [5.74, 6) is -1.88. The van der Waals surface area contributed by atoms with Crippen LogP contribution in [0.4, 0.5) is 5.69 Å². The van der Waals surface area contributed by atoms with E-state index >= 15 is 0 Å². The van der Waals surface area contributed by atoms with E-state index in [0.717, 1.165) is 5.56 Å². The van der Waals surface area contributed by atoms with Crippen molar-refractivity contribution in [2.45, 2.75) is 13.3 Å². The van der Waals surface area contributed by atoms with Gasteiger partial charge < -0.3 is 9.88 Å². The van der Waals surface area contributed by atoms with E-state index < -0.39 is 22.7 Å². The van der Waals surface area contributed by atoms with Crippen molar-refractivity contribution in [2.75, 3.05) is 6.54 Å². The SMILES string of the molecule is C=CCN1C(=O)C(Cc2cccn2-c2ccc(C)cc2[N+](=O)[O-])C(=O)NC1=S. The number of amides is 2. The Hall–Kier alpha value is -3.33. The van der Waals surface area contributed by atoms with Crippen LogP contribution in [-0.2, 0) is 16.0 Å². The molecule has 0 aliphatic carbocycles. The molecule has 3 rings (SSSR count). The minimum atomic E-state index is -0.982. The van der Waals surface area contributed by atoms with Crippen molar-refractivity contribution in [3.8, 4) is 5.69 Å². The highest BCUT2D eigenvalue weighted by atomic mass is 32.1. The lowest BCUT2D eigenvalue weighted by molar-refractivity contribution is -0.384. The van der Waals surface area contributed by atoms with E-state index in [1.807, 2.05) is 0 Å². The zero-order valence-electron chi connectivity index (χ0n) is 15.1. The number of aromatic nitrogens is 1. The number of rotatable bonds is 6. The first-order valence-corrected chi connectivity index (χ1v) is 8.93. The fraction of sp³-hybridized carbons (Fsp3) is 0.211. The molecular formula is C19H18N4O4S. The van der Waals surface area contributed by atoms with Gasteiger partial charge in [-0.2, -0.15) is 0 Å². The number of aryl methyl sites for hydroxylation is 1. The molecule has 2 aromatic rings. The van der Waals surface area contributed by atoms with Crippen LogP contribution in [0.15, 0.2) is 49.2 Å². The second-order valence-corrected chi connectivity index (χ2v) is 6.79. The van der Waals surface area contributed by atoms with E-state index in [1.54, 1.807) is 42.0 Å². The molecule has 1 saturated heterocycles. The molecule has 8 nitrogen and oxygen atoms in total. The van der Waals surface area contributed by atoms with Crippen LogP contribution >= 0.6 is 12.2 Å². The van der Waals surface area contributed by atoms with E-state index in [0.29, 0.717) is 11.4 Å². The highest BCUT2D eigenvalue weighted by Gasteiger charge is 2.38. The highest BCUT2D eigenvalue weighted by molar-refractivity contribution is 7.80. The van der Waals surface area contributed by atoms with Crippen LogP contribution in [0, 0.1) is 23.0 Å². The van der Waals surface area contributed by atoms with Gasteiger partial charge in [0, 0.05) is 30.9 Å². The Balaban J connectivity index is 1.96. The van der Waals surface area contributed by atoms with Crippen LogP contribution in [0.1, 0.15) is 11.3 Å². The zero-order valence-corrected chi connectivity index (χ0v) is 15.9. The molecule has 1 aromatic heterocycles. The van der Waals surface area contributed by atoms with Gasteiger partial charge in [-0.05, 0) is 42.9 Å². The lowest BCUT2D eigenvalue weighted by Gasteiger charge is -2.31. The van der Waals surface area contributed by atoms with Crippen molar-refractivity contribution in [1.29, 1.82) is 0 Å². The highest BCUT2D eigenvalue weighted by Crippen LogP contribution is 2.27. The molecule has 9 heteroatoms. The third-order valence-electron chi connectivity index (χ3n) is 4.50. The monoisotopic (exact) mass is 398 g/mol. The number of carbonyl (C=O) groups is 2. The first kappa shape index (κ1) is 19.4. The Bertz CT molecular complexity index is 998. The Morgan fingerprint density at radius 1 is 1.36 bits per heavy atom. The molecule has 1 fully saturated rings. The quantitative estimate of drug-likeness (QED) is 0.265. The van der Waals surface area contributed by atoms with Crippen LogP contribution in [-0.4, -0.2) is 37.9 Å². The number of nitrogens with zero attached hydrogens (tertiary/aromatic N) is 3. The summed E-state index contributed by atoms with van der Waals surface area (Å²) in [6, 6.07) is 8.36. The topological polar surface area (TPSA) is 97.5 Å². The third kappa shape index (κ3) is 3.56. The molecule has 1 aliphatic heterocycles. The van der Waals surface area contributed by atoms with Gasteiger partial charge >= 0.3 is 0 Å². The number of hydrogen-bond acceptors (Lipinski definition) is 5. The van der Waals surface area contributed by atoms with Crippen molar-refractivity contribution < 1.29 is 14.5 Å². The first-order chi connectivity index (χ1) is 13.3. The van der Waals surface area contributed by atoms with E-state index in [2.05, 4.69) is 11.9 Å². The predicted octanol–water partition coefficient (Wildman–Crippen LogP) is 2.28. The van der Waals surface area contributed by atoms with Gasteiger partial charge in [0.1, 0.15) is 11.6 Å². The van der Waals surface area contributed by atoms with Gasteiger partial charge in [0.05, 0.1) is 4.92 Å². The molecule has 0 spiro atoms. The Morgan fingerprint density at radius 2 is 2.11 bits per heavy atom. The maximum atomic E-state index is 12.7. The molecule has 2 amide bonds. The number of nitrogens with one attached hydrogen (secondary N) is 1. The first-order valence-electron chi connectivity index (χ1n) is 8.52. The molecule has 1 aliphatic rings. The second kappa shape index (κ2) is 7.73. The predicted molar refractivity (Wildman–Crippen MR) is 107 cm³/mol. The summed E-state index contributed by atoms with van der Waals surface area (Å²) in [7, 11) is 0. The number of carbonyl (C=O) groups excluding carboxylic acids is 2. The van der Waals surface area contributed by atoms with Crippen molar-refractivity contribution in [1.82, 2.24) is 14.8 Å². The van der Waals surface area contributed by atoms with E-state index in [4.69, 9.17) is 12.2 Å². The zero-order chi connectivity index (χ0) is 20.4. The van der Waals surface area contributed by atoms with Gasteiger partial charge in [-0.25, -0.2) is 0 Å². The Kier molecular flexibility index (Phi) is 5.36. The summed E-state index contributed by atoms with van der Waals surface area (Å²) in [4.78, 5) is 37.4. The largest absolute Gasteiger partial charge is 0.315 e. The molecule has 28 heavy (non-hydrogen) atoms. The molecule has 1 aromatic carbocycles. The number of benzene rings is 1. The van der Waals surface area contributed by atoms with Crippen molar-refractivity contribution in [3.05, 3.63) is 70.6 Å². The summed E-state index contributed by atoms with van der Waals surface area (Å²) in [5.41, 5.74) is 1.69. The molecule has 0 bridgehead atoms. The summed E-state index contributed by atoms with van der Waals surface area (Å²) >= 11 is 5.05. The number of nitro groups is 1. The van der Waals surface area contributed by atoms with Crippen molar-refractivity contribution in [3.63, 3.8) is 0 Å². The third-order valence-corrected chi connectivity index (χ3v) is 4.82. The molecule has 0 radical (unpaired) electrons. The second-order valence-electron chi connectivity index (χ2n) is 6.41. The van der Waals surface area contributed by atoms with E-state index in [1.165, 1.54) is 17.0 Å². The number of hydrogen-bond donors (Lipinski definition) is 1. The van der Waals surface area contributed by atoms with Gasteiger partial charge in [-0.3, -0.25) is 24.6 Å². The molecular weight excluding hydrogens is 380 g/mol. The minimum Gasteiger partial charge on any atom is -0.315 e. The molecule has 1 atom stereocenters. The van der Waals surface area contributed by atoms with Gasteiger partial charge in [0.2, 0.25) is 11.8 Å². The van der Waals surface area contributed by atoms with Crippen LogP contribution in [0.25, 0.3) is 5.69 Å². The van der Waals surface area contributed by atoms with Gasteiger partial charge in [0.15, 0.2) is 5.11 Å².